The second kappa shape index (κ2) is 7.25. The van der Waals surface area contributed by atoms with Crippen LogP contribution in [0.1, 0.15) is 52.4 Å². The molecule has 0 aromatic carbocycles. The van der Waals surface area contributed by atoms with Crippen molar-refractivity contribution in [2.24, 2.45) is 0 Å². The van der Waals surface area contributed by atoms with Crippen LogP contribution in [0.3, 0.4) is 0 Å². The Morgan fingerprint density at radius 1 is 1.05 bits per heavy atom. The van der Waals surface area contributed by atoms with Gasteiger partial charge >= 0.3 is 5.97 Å². The van der Waals surface area contributed by atoms with Crippen LogP contribution in [0.4, 0.5) is 0 Å². The Labute approximate surface area is 127 Å². The normalized spacial score (nSPS) is 31.0. The summed E-state index contributed by atoms with van der Waals surface area (Å²) >= 11 is 0. The molecule has 2 heterocycles. The van der Waals surface area contributed by atoms with E-state index >= 15 is 0 Å². The SMILES string of the molecule is COC(=O)C1CCCCN1CC(=O)N1C(C)CCCC1C. The molecule has 3 unspecified atom stereocenters. The first kappa shape index (κ1) is 16.3. The van der Waals surface area contributed by atoms with Crippen molar-refractivity contribution >= 4 is 11.9 Å². The van der Waals surface area contributed by atoms with Crippen molar-refractivity contribution in [1.82, 2.24) is 9.80 Å². The first-order valence-electron chi connectivity index (χ1n) is 8.17. The number of nitrogens with zero attached hydrogens (tertiary/aromatic N) is 2. The summed E-state index contributed by atoms with van der Waals surface area (Å²) in [5.74, 6) is -0.0484. The fourth-order valence-electron chi connectivity index (χ4n) is 3.75. The number of hydrogen-bond donors (Lipinski definition) is 0. The number of carbonyl (C=O) groups excluding carboxylic acids is 2. The number of piperidine rings is 2. The predicted molar refractivity (Wildman–Crippen MR) is 80.8 cm³/mol. The van der Waals surface area contributed by atoms with Gasteiger partial charge in [0.1, 0.15) is 6.04 Å². The molecule has 0 aromatic heterocycles. The molecule has 0 saturated carbocycles. The maximum absolute atomic E-state index is 12.7. The third-order valence-electron chi connectivity index (χ3n) is 4.91. The van der Waals surface area contributed by atoms with Gasteiger partial charge in [-0.15, -0.1) is 0 Å². The molecule has 0 bridgehead atoms. The van der Waals surface area contributed by atoms with Crippen LogP contribution >= 0.6 is 0 Å². The molecule has 0 spiro atoms. The van der Waals surface area contributed by atoms with Crippen molar-refractivity contribution in [2.45, 2.75) is 70.5 Å². The lowest BCUT2D eigenvalue weighted by Crippen LogP contribution is -2.54. The van der Waals surface area contributed by atoms with Crippen LogP contribution in [-0.2, 0) is 14.3 Å². The third kappa shape index (κ3) is 3.76. The van der Waals surface area contributed by atoms with Crippen molar-refractivity contribution in [1.29, 1.82) is 0 Å². The third-order valence-corrected chi connectivity index (χ3v) is 4.91. The summed E-state index contributed by atoms with van der Waals surface area (Å²) in [5.41, 5.74) is 0. The zero-order valence-corrected chi connectivity index (χ0v) is 13.5. The maximum atomic E-state index is 12.7. The number of rotatable bonds is 3. The van der Waals surface area contributed by atoms with Gasteiger partial charge in [0.2, 0.25) is 5.91 Å². The molecular formula is C16H28N2O3. The summed E-state index contributed by atoms with van der Waals surface area (Å²) in [6.45, 7) is 5.40. The van der Waals surface area contributed by atoms with Crippen molar-refractivity contribution in [3.63, 3.8) is 0 Å². The average Bonchev–Trinajstić information content (AvgIpc) is 2.47. The van der Waals surface area contributed by atoms with Gasteiger partial charge in [0.15, 0.2) is 0 Å². The molecular weight excluding hydrogens is 268 g/mol. The quantitative estimate of drug-likeness (QED) is 0.745. The molecule has 5 heteroatoms. The summed E-state index contributed by atoms with van der Waals surface area (Å²) in [6.07, 6.45) is 6.23. The second-order valence-corrected chi connectivity index (χ2v) is 6.44. The van der Waals surface area contributed by atoms with Crippen molar-refractivity contribution in [3.8, 4) is 0 Å². The van der Waals surface area contributed by atoms with Crippen molar-refractivity contribution in [2.75, 3.05) is 20.2 Å². The zero-order valence-electron chi connectivity index (χ0n) is 13.5. The maximum Gasteiger partial charge on any atom is 0.323 e. The number of esters is 1. The smallest absolute Gasteiger partial charge is 0.323 e. The van der Waals surface area contributed by atoms with Crippen molar-refractivity contribution in [3.05, 3.63) is 0 Å². The lowest BCUT2D eigenvalue weighted by atomic mass is 9.97. The highest BCUT2D eigenvalue weighted by atomic mass is 16.5. The van der Waals surface area contributed by atoms with E-state index in [1.54, 1.807) is 0 Å². The number of hydrogen-bond acceptors (Lipinski definition) is 4. The fourth-order valence-corrected chi connectivity index (χ4v) is 3.75. The molecule has 0 aromatic rings. The van der Waals surface area contributed by atoms with Crippen LogP contribution in [0, 0.1) is 0 Å². The van der Waals surface area contributed by atoms with Crippen LogP contribution in [0.25, 0.3) is 0 Å². The lowest BCUT2D eigenvalue weighted by molar-refractivity contribution is -0.150. The molecule has 2 saturated heterocycles. The average molecular weight is 296 g/mol. The first-order valence-corrected chi connectivity index (χ1v) is 8.17. The molecule has 120 valence electrons. The summed E-state index contributed by atoms with van der Waals surface area (Å²) in [5, 5.41) is 0. The molecule has 2 aliphatic rings. The minimum absolute atomic E-state index is 0.158. The van der Waals surface area contributed by atoms with Gasteiger partial charge in [-0.1, -0.05) is 6.42 Å². The number of amides is 1. The molecule has 2 aliphatic heterocycles. The highest BCUT2D eigenvalue weighted by molar-refractivity contribution is 5.81. The first-order chi connectivity index (χ1) is 10.0. The Morgan fingerprint density at radius 2 is 1.71 bits per heavy atom. The Bertz CT molecular complexity index is 376. The van der Waals surface area contributed by atoms with E-state index in [1.807, 2.05) is 9.80 Å². The van der Waals surface area contributed by atoms with Gasteiger partial charge in [0.25, 0.3) is 0 Å². The van der Waals surface area contributed by atoms with E-state index in [4.69, 9.17) is 4.74 Å². The topological polar surface area (TPSA) is 49.9 Å². The molecule has 21 heavy (non-hydrogen) atoms. The molecule has 0 aliphatic carbocycles. The van der Waals surface area contributed by atoms with Gasteiger partial charge in [0.05, 0.1) is 13.7 Å². The Morgan fingerprint density at radius 3 is 2.33 bits per heavy atom. The minimum atomic E-state index is -0.247. The van der Waals surface area contributed by atoms with Crippen LogP contribution in [0.15, 0.2) is 0 Å². The Hall–Kier alpha value is -1.10. The summed E-state index contributed by atoms with van der Waals surface area (Å²) < 4.78 is 4.88. The van der Waals surface area contributed by atoms with E-state index in [9.17, 15) is 9.59 Å². The summed E-state index contributed by atoms with van der Waals surface area (Å²) in [7, 11) is 1.42. The standard InChI is InChI=1S/C16H28N2O3/c1-12-7-6-8-13(2)18(12)15(19)11-17-10-5-4-9-14(17)16(20)21-3/h12-14H,4-11H2,1-3H3. The highest BCUT2D eigenvalue weighted by Crippen LogP contribution is 2.24. The minimum Gasteiger partial charge on any atom is -0.468 e. The number of likely N-dealkylation sites (tertiary alicyclic amines) is 2. The van der Waals surface area contributed by atoms with E-state index in [2.05, 4.69) is 13.8 Å². The molecule has 3 atom stereocenters. The van der Waals surface area contributed by atoms with E-state index in [0.717, 1.165) is 38.6 Å². The van der Waals surface area contributed by atoms with Gasteiger partial charge in [-0.2, -0.15) is 0 Å². The van der Waals surface area contributed by atoms with Crippen molar-refractivity contribution < 1.29 is 14.3 Å². The molecule has 2 fully saturated rings. The molecule has 2 rings (SSSR count). The molecule has 1 amide bonds. The zero-order chi connectivity index (χ0) is 15.4. The Balaban J connectivity index is 2.00. The van der Waals surface area contributed by atoms with Crippen LogP contribution in [0.2, 0.25) is 0 Å². The monoisotopic (exact) mass is 296 g/mol. The Kier molecular flexibility index (Phi) is 5.62. The fraction of sp³-hybridized carbons (Fsp3) is 0.875. The van der Waals surface area contributed by atoms with Gasteiger partial charge in [-0.25, -0.2) is 0 Å². The highest BCUT2D eigenvalue weighted by Gasteiger charge is 2.34. The number of methoxy groups -OCH3 is 1. The lowest BCUT2D eigenvalue weighted by Gasteiger charge is -2.41. The summed E-state index contributed by atoms with van der Waals surface area (Å²) in [4.78, 5) is 28.6. The van der Waals surface area contributed by atoms with Crippen LogP contribution in [-0.4, -0.2) is 60.0 Å². The van der Waals surface area contributed by atoms with Crippen LogP contribution < -0.4 is 0 Å². The van der Waals surface area contributed by atoms with Gasteiger partial charge in [0, 0.05) is 12.1 Å². The predicted octanol–water partition coefficient (Wildman–Crippen LogP) is 1.80. The van der Waals surface area contributed by atoms with E-state index in [0.29, 0.717) is 18.6 Å². The van der Waals surface area contributed by atoms with E-state index in [1.165, 1.54) is 13.5 Å². The number of ether oxygens (including phenoxy) is 1. The van der Waals surface area contributed by atoms with E-state index in [-0.39, 0.29) is 17.9 Å². The molecule has 0 radical (unpaired) electrons. The van der Waals surface area contributed by atoms with Gasteiger partial charge in [-0.3, -0.25) is 14.5 Å². The van der Waals surface area contributed by atoms with Gasteiger partial charge in [-0.05, 0) is 52.5 Å². The molecule has 0 N–H and O–H groups in total. The second-order valence-electron chi connectivity index (χ2n) is 6.44. The van der Waals surface area contributed by atoms with E-state index < -0.39 is 0 Å². The molecule has 5 nitrogen and oxygen atoms in total. The summed E-state index contributed by atoms with van der Waals surface area (Å²) in [6, 6.07) is 0.369. The largest absolute Gasteiger partial charge is 0.468 e. The number of carbonyl (C=O) groups is 2. The van der Waals surface area contributed by atoms with Gasteiger partial charge < -0.3 is 9.64 Å². The van der Waals surface area contributed by atoms with Crippen LogP contribution in [0.5, 0.6) is 0 Å².